The van der Waals surface area contributed by atoms with Crippen LogP contribution in [0.15, 0.2) is 18.2 Å². The Balaban J connectivity index is 1.62. The van der Waals surface area contributed by atoms with Crippen LogP contribution in [0.5, 0.6) is 5.75 Å². The zero-order valence-electron chi connectivity index (χ0n) is 13.0. The van der Waals surface area contributed by atoms with E-state index in [1.165, 1.54) is 25.7 Å². The fraction of sp³-hybridized carbons (Fsp3) is 0.611. The van der Waals surface area contributed by atoms with Crippen LogP contribution in [0.2, 0.25) is 0 Å². The molecule has 2 fully saturated rings. The summed E-state index contributed by atoms with van der Waals surface area (Å²) in [5, 5.41) is 0. The van der Waals surface area contributed by atoms with Crippen LogP contribution in [0.1, 0.15) is 61.4 Å². The van der Waals surface area contributed by atoms with E-state index >= 15 is 0 Å². The molecule has 0 bridgehead atoms. The Hall–Kier alpha value is -1.35. The summed E-state index contributed by atoms with van der Waals surface area (Å²) < 4.78 is 12.1. The highest BCUT2D eigenvalue weighted by atomic mass is 16.6. The molecule has 114 valence electrons. The summed E-state index contributed by atoms with van der Waals surface area (Å²) in [7, 11) is 0. The van der Waals surface area contributed by atoms with Crippen molar-refractivity contribution in [1.29, 1.82) is 0 Å². The summed E-state index contributed by atoms with van der Waals surface area (Å²) in [5.41, 5.74) is 1.89. The number of Topliss-reactive ketones (excluding diaryl/α,β-unsaturated/α-hetero) is 1. The fourth-order valence-electron chi connectivity index (χ4n) is 3.63. The van der Waals surface area contributed by atoms with Crippen LogP contribution in [0.3, 0.4) is 0 Å². The molecule has 3 nitrogen and oxygen atoms in total. The molecule has 1 aliphatic heterocycles. The highest BCUT2D eigenvalue weighted by Crippen LogP contribution is 2.43. The van der Waals surface area contributed by atoms with Gasteiger partial charge in [-0.05, 0) is 51.7 Å². The van der Waals surface area contributed by atoms with Crippen molar-refractivity contribution in [3.63, 3.8) is 0 Å². The van der Waals surface area contributed by atoms with Gasteiger partial charge in [0.2, 0.25) is 0 Å². The molecule has 2 aliphatic rings. The normalized spacial score (nSPS) is 23.6. The lowest BCUT2D eigenvalue weighted by atomic mass is 9.98. The van der Waals surface area contributed by atoms with Gasteiger partial charge in [0.1, 0.15) is 12.4 Å². The van der Waals surface area contributed by atoms with Crippen molar-refractivity contribution in [2.75, 3.05) is 6.61 Å². The molecule has 3 heteroatoms. The number of hydrogen-bond donors (Lipinski definition) is 0. The first-order chi connectivity index (χ1) is 10.1. The monoisotopic (exact) mass is 288 g/mol. The van der Waals surface area contributed by atoms with E-state index in [4.69, 9.17) is 9.47 Å². The number of carbonyl (C=O) groups excluding carboxylic acids is 1. The van der Waals surface area contributed by atoms with Crippen LogP contribution >= 0.6 is 0 Å². The van der Waals surface area contributed by atoms with E-state index in [-0.39, 0.29) is 17.5 Å². The van der Waals surface area contributed by atoms with Gasteiger partial charge in [0.05, 0.1) is 17.3 Å². The van der Waals surface area contributed by atoms with Crippen molar-refractivity contribution < 1.29 is 14.3 Å². The molecule has 0 N–H and O–H groups in total. The molecule has 1 saturated carbocycles. The second-order valence-corrected chi connectivity index (χ2v) is 6.54. The second kappa shape index (κ2) is 5.80. The van der Waals surface area contributed by atoms with Crippen molar-refractivity contribution in [3.05, 3.63) is 29.3 Å². The standard InChI is InChI=1S/C18H24O3/c1-13-5-6-17(16(11-13)14(2)19)20-12-15-7-10-18(21-15)8-3-4-9-18/h5-6,11,15H,3-4,7-10,12H2,1-2H3. The summed E-state index contributed by atoms with van der Waals surface area (Å²) in [5.74, 6) is 0.734. The van der Waals surface area contributed by atoms with E-state index in [1.807, 2.05) is 25.1 Å². The fourth-order valence-corrected chi connectivity index (χ4v) is 3.63. The van der Waals surface area contributed by atoms with Gasteiger partial charge in [-0.15, -0.1) is 0 Å². The SMILES string of the molecule is CC(=O)c1cc(C)ccc1OCC1CCC2(CCCC2)O1. The van der Waals surface area contributed by atoms with E-state index < -0.39 is 0 Å². The first-order valence-electron chi connectivity index (χ1n) is 8.00. The average molecular weight is 288 g/mol. The number of hydrogen-bond acceptors (Lipinski definition) is 3. The molecule has 1 atom stereocenters. The van der Waals surface area contributed by atoms with Crippen molar-refractivity contribution in [2.24, 2.45) is 0 Å². The second-order valence-electron chi connectivity index (χ2n) is 6.54. The molecule has 0 aromatic heterocycles. The van der Waals surface area contributed by atoms with Gasteiger partial charge in [-0.3, -0.25) is 4.79 Å². The van der Waals surface area contributed by atoms with Crippen molar-refractivity contribution in [3.8, 4) is 5.75 Å². The lowest BCUT2D eigenvalue weighted by Crippen LogP contribution is -2.27. The van der Waals surface area contributed by atoms with E-state index in [1.54, 1.807) is 6.92 Å². The Morgan fingerprint density at radius 1 is 1.33 bits per heavy atom. The third kappa shape index (κ3) is 3.13. The van der Waals surface area contributed by atoms with Gasteiger partial charge in [0, 0.05) is 0 Å². The minimum absolute atomic E-state index is 0.0494. The number of aryl methyl sites for hydroxylation is 1. The van der Waals surface area contributed by atoms with Crippen LogP contribution in [0, 0.1) is 6.92 Å². The van der Waals surface area contributed by atoms with Crippen molar-refractivity contribution in [1.82, 2.24) is 0 Å². The lowest BCUT2D eigenvalue weighted by Gasteiger charge is -2.24. The zero-order chi connectivity index (χ0) is 14.9. The lowest BCUT2D eigenvalue weighted by molar-refractivity contribution is -0.0509. The van der Waals surface area contributed by atoms with Gasteiger partial charge in [-0.1, -0.05) is 24.5 Å². The molecule has 1 aromatic rings. The summed E-state index contributed by atoms with van der Waals surface area (Å²) in [6, 6.07) is 5.77. The maximum atomic E-state index is 11.7. The number of ether oxygens (including phenoxy) is 2. The van der Waals surface area contributed by atoms with Gasteiger partial charge in [0.15, 0.2) is 5.78 Å². The third-order valence-corrected chi connectivity index (χ3v) is 4.79. The molecule has 0 radical (unpaired) electrons. The Bertz CT molecular complexity index is 529. The summed E-state index contributed by atoms with van der Waals surface area (Å²) in [6.45, 7) is 4.12. The smallest absolute Gasteiger partial charge is 0.163 e. The van der Waals surface area contributed by atoms with Crippen LogP contribution < -0.4 is 4.74 Å². The molecular formula is C18H24O3. The molecule has 3 rings (SSSR count). The van der Waals surface area contributed by atoms with Crippen LogP contribution in [-0.4, -0.2) is 24.1 Å². The topological polar surface area (TPSA) is 35.5 Å². The highest BCUT2D eigenvalue weighted by molar-refractivity contribution is 5.97. The van der Waals surface area contributed by atoms with Crippen LogP contribution in [0.25, 0.3) is 0 Å². The van der Waals surface area contributed by atoms with Crippen LogP contribution in [-0.2, 0) is 4.74 Å². The van der Waals surface area contributed by atoms with Gasteiger partial charge >= 0.3 is 0 Å². The number of carbonyl (C=O) groups is 1. The summed E-state index contributed by atoms with van der Waals surface area (Å²) in [4.78, 5) is 11.7. The van der Waals surface area contributed by atoms with Crippen molar-refractivity contribution >= 4 is 5.78 Å². The Kier molecular flexibility index (Phi) is 4.03. The van der Waals surface area contributed by atoms with Crippen LogP contribution in [0.4, 0.5) is 0 Å². The van der Waals surface area contributed by atoms with E-state index in [0.29, 0.717) is 17.9 Å². The molecule has 1 heterocycles. The number of ketones is 1. The molecule has 21 heavy (non-hydrogen) atoms. The summed E-state index contributed by atoms with van der Waals surface area (Å²) in [6.07, 6.45) is 7.39. The molecule has 1 saturated heterocycles. The van der Waals surface area contributed by atoms with E-state index in [9.17, 15) is 4.79 Å². The maximum absolute atomic E-state index is 11.7. The average Bonchev–Trinajstić information content (AvgIpc) is 3.08. The first-order valence-corrected chi connectivity index (χ1v) is 8.00. The van der Waals surface area contributed by atoms with Gasteiger partial charge in [0.25, 0.3) is 0 Å². The predicted octanol–water partition coefficient (Wildman–Crippen LogP) is 4.07. The zero-order valence-corrected chi connectivity index (χ0v) is 13.0. The van der Waals surface area contributed by atoms with Gasteiger partial charge in [-0.2, -0.15) is 0 Å². The van der Waals surface area contributed by atoms with Gasteiger partial charge in [-0.25, -0.2) is 0 Å². The highest BCUT2D eigenvalue weighted by Gasteiger charge is 2.42. The van der Waals surface area contributed by atoms with E-state index in [2.05, 4.69) is 0 Å². The Labute approximate surface area is 126 Å². The molecule has 1 unspecified atom stereocenters. The Morgan fingerprint density at radius 2 is 2.10 bits per heavy atom. The molecule has 1 aliphatic carbocycles. The van der Waals surface area contributed by atoms with E-state index in [0.717, 1.165) is 18.4 Å². The molecule has 1 spiro atoms. The predicted molar refractivity (Wildman–Crippen MR) is 82.0 cm³/mol. The first kappa shape index (κ1) is 14.6. The number of benzene rings is 1. The Morgan fingerprint density at radius 3 is 2.81 bits per heavy atom. The quantitative estimate of drug-likeness (QED) is 0.783. The minimum atomic E-state index is 0.0494. The van der Waals surface area contributed by atoms with Gasteiger partial charge < -0.3 is 9.47 Å². The van der Waals surface area contributed by atoms with Crippen molar-refractivity contribution in [2.45, 2.75) is 64.1 Å². The largest absolute Gasteiger partial charge is 0.490 e. The molecule has 0 amide bonds. The maximum Gasteiger partial charge on any atom is 0.163 e. The number of rotatable bonds is 4. The molecular weight excluding hydrogens is 264 g/mol. The minimum Gasteiger partial charge on any atom is -0.490 e. The summed E-state index contributed by atoms with van der Waals surface area (Å²) >= 11 is 0. The third-order valence-electron chi connectivity index (χ3n) is 4.79. The molecule has 1 aromatic carbocycles.